The molecule has 0 unspecified atom stereocenters. The summed E-state index contributed by atoms with van der Waals surface area (Å²) in [6.45, 7) is 2.80. The van der Waals surface area contributed by atoms with Gasteiger partial charge in [0.1, 0.15) is 12.4 Å². The molecule has 0 amide bonds. The number of rotatable bonds is 9. The second-order valence-electron chi connectivity index (χ2n) is 4.67. The Balaban J connectivity index is 1.57. The first kappa shape index (κ1) is 15.4. The minimum absolute atomic E-state index is 0.160. The van der Waals surface area contributed by atoms with Gasteiger partial charge in [-0.15, -0.1) is 0 Å². The lowest BCUT2D eigenvalue weighted by Gasteiger charge is -2.08. The fourth-order valence-electron chi connectivity index (χ4n) is 1.93. The maximum atomic E-state index is 9.51. The van der Waals surface area contributed by atoms with Crippen LogP contribution in [0.3, 0.4) is 0 Å². The number of hydrogen-bond donors (Lipinski definition) is 2. The molecule has 21 heavy (non-hydrogen) atoms. The molecule has 0 aliphatic rings. The lowest BCUT2D eigenvalue weighted by Crippen LogP contribution is -2.16. The van der Waals surface area contributed by atoms with Crippen LogP contribution in [-0.2, 0) is 17.9 Å². The summed E-state index contributed by atoms with van der Waals surface area (Å²) in [4.78, 5) is 0. The van der Waals surface area contributed by atoms with Crippen molar-refractivity contribution in [3.05, 3.63) is 47.9 Å². The van der Waals surface area contributed by atoms with Crippen LogP contribution < -0.4 is 10.1 Å². The summed E-state index contributed by atoms with van der Waals surface area (Å²) in [6, 6.07) is 9.10. The van der Waals surface area contributed by atoms with Gasteiger partial charge in [-0.3, -0.25) is 0 Å². The van der Waals surface area contributed by atoms with Crippen LogP contribution in [0.25, 0.3) is 0 Å². The van der Waals surface area contributed by atoms with E-state index in [-0.39, 0.29) is 5.75 Å². The Morgan fingerprint density at radius 2 is 2.19 bits per heavy atom. The summed E-state index contributed by atoms with van der Waals surface area (Å²) < 4.78 is 15.7. The zero-order valence-corrected chi connectivity index (χ0v) is 12.2. The number of benzene rings is 1. The van der Waals surface area contributed by atoms with Crippen molar-refractivity contribution >= 4 is 0 Å². The number of phenols is 1. The van der Waals surface area contributed by atoms with Crippen molar-refractivity contribution in [1.29, 1.82) is 0 Å². The standard InChI is InChI=1S/C16H21NO4/c1-19-16-10-13(5-6-15(16)18)11-17-7-3-8-20-12-14-4-2-9-21-14/h2,4-6,9-10,17-18H,3,7-8,11-12H2,1H3. The van der Waals surface area contributed by atoms with E-state index in [1.54, 1.807) is 19.4 Å². The van der Waals surface area contributed by atoms with Crippen molar-refractivity contribution < 1.29 is 19.0 Å². The molecule has 0 aliphatic carbocycles. The van der Waals surface area contributed by atoms with Crippen LogP contribution in [0, 0.1) is 0 Å². The maximum Gasteiger partial charge on any atom is 0.160 e. The van der Waals surface area contributed by atoms with E-state index >= 15 is 0 Å². The lowest BCUT2D eigenvalue weighted by atomic mass is 10.2. The lowest BCUT2D eigenvalue weighted by molar-refractivity contribution is 0.104. The fourth-order valence-corrected chi connectivity index (χ4v) is 1.93. The van der Waals surface area contributed by atoms with E-state index in [4.69, 9.17) is 13.9 Å². The number of aromatic hydroxyl groups is 1. The molecular weight excluding hydrogens is 270 g/mol. The molecule has 2 N–H and O–H groups in total. The highest BCUT2D eigenvalue weighted by Gasteiger charge is 2.02. The van der Waals surface area contributed by atoms with Crippen LogP contribution in [0.4, 0.5) is 0 Å². The van der Waals surface area contributed by atoms with Crippen LogP contribution in [0.15, 0.2) is 41.0 Å². The van der Waals surface area contributed by atoms with Gasteiger partial charge < -0.3 is 24.3 Å². The molecule has 1 aromatic heterocycles. The molecule has 2 rings (SSSR count). The first-order valence-electron chi connectivity index (χ1n) is 6.96. The Hall–Kier alpha value is -1.98. The largest absolute Gasteiger partial charge is 0.504 e. The molecule has 0 atom stereocenters. The monoisotopic (exact) mass is 291 g/mol. The smallest absolute Gasteiger partial charge is 0.160 e. The summed E-state index contributed by atoms with van der Waals surface area (Å²) in [5.41, 5.74) is 1.07. The van der Waals surface area contributed by atoms with E-state index < -0.39 is 0 Å². The third kappa shape index (κ3) is 5.13. The van der Waals surface area contributed by atoms with Gasteiger partial charge in [0.2, 0.25) is 0 Å². The van der Waals surface area contributed by atoms with Crippen LogP contribution in [0.1, 0.15) is 17.7 Å². The van der Waals surface area contributed by atoms with Gasteiger partial charge in [0.05, 0.1) is 13.4 Å². The minimum Gasteiger partial charge on any atom is -0.504 e. The molecule has 0 saturated carbocycles. The first-order chi connectivity index (χ1) is 10.3. The highest BCUT2D eigenvalue weighted by molar-refractivity contribution is 5.41. The van der Waals surface area contributed by atoms with Crippen molar-refractivity contribution in [2.75, 3.05) is 20.3 Å². The van der Waals surface area contributed by atoms with Gasteiger partial charge in [0, 0.05) is 13.2 Å². The fraction of sp³-hybridized carbons (Fsp3) is 0.375. The van der Waals surface area contributed by atoms with E-state index in [1.165, 1.54) is 0 Å². The molecule has 0 saturated heterocycles. The van der Waals surface area contributed by atoms with Crippen molar-refractivity contribution in [3.63, 3.8) is 0 Å². The van der Waals surface area contributed by atoms with E-state index in [9.17, 15) is 5.11 Å². The number of ether oxygens (including phenoxy) is 2. The average molecular weight is 291 g/mol. The molecular formula is C16H21NO4. The number of furan rings is 1. The van der Waals surface area contributed by atoms with Crippen molar-refractivity contribution in [2.45, 2.75) is 19.6 Å². The normalized spacial score (nSPS) is 10.7. The minimum atomic E-state index is 0.160. The highest BCUT2D eigenvalue weighted by atomic mass is 16.5. The molecule has 0 spiro atoms. The molecule has 114 valence electrons. The summed E-state index contributed by atoms with van der Waals surface area (Å²) in [5.74, 6) is 1.50. The number of methoxy groups -OCH3 is 1. The predicted molar refractivity (Wildman–Crippen MR) is 79.3 cm³/mol. The molecule has 0 fully saturated rings. The van der Waals surface area contributed by atoms with Gasteiger partial charge in [-0.05, 0) is 42.8 Å². The van der Waals surface area contributed by atoms with E-state index in [0.29, 0.717) is 19.0 Å². The molecule has 1 aromatic carbocycles. The molecule has 0 aliphatic heterocycles. The molecule has 1 heterocycles. The van der Waals surface area contributed by atoms with Gasteiger partial charge in [-0.1, -0.05) is 6.07 Å². The Bertz CT molecular complexity index is 525. The number of nitrogens with one attached hydrogen (secondary N) is 1. The van der Waals surface area contributed by atoms with E-state index in [0.717, 1.165) is 30.8 Å². The highest BCUT2D eigenvalue weighted by Crippen LogP contribution is 2.26. The van der Waals surface area contributed by atoms with E-state index in [2.05, 4.69) is 5.32 Å². The third-order valence-electron chi connectivity index (χ3n) is 3.04. The van der Waals surface area contributed by atoms with Gasteiger partial charge in [0.25, 0.3) is 0 Å². The quantitative estimate of drug-likeness (QED) is 0.695. The zero-order valence-electron chi connectivity index (χ0n) is 12.2. The second kappa shape index (κ2) is 8.34. The maximum absolute atomic E-state index is 9.51. The SMILES string of the molecule is COc1cc(CNCCCOCc2ccco2)ccc1O. The van der Waals surface area contributed by atoms with Crippen LogP contribution in [0.2, 0.25) is 0 Å². The van der Waals surface area contributed by atoms with Gasteiger partial charge in [0.15, 0.2) is 11.5 Å². The molecule has 5 nitrogen and oxygen atoms in total. The Kier molecular flexibility index (Phi) is 6.12. The zero-order chi connectivity index (χ0) is 14.9. The molecule has 0 bridgehead atoms. The molecule has 2 aromatic rings. The predicted octanol–water partition coefficient (Wildman–Crippen LogP) is 2.69. The summed E-state index contributed by atoms with van der Waals surface area (Å²) in [7, 11) is 1.54. The van der Waals surface area contributed by atoms with Crippen molar-refractivity contribution in [2.24, 2.45) is 0 Å². The first-order valence-corrected chi connectivity index (χ1v) is 6.96. The molecule has 5 heteroatoms. The van der Waals surface area contributed by atoms with Crippen LogP contribution >= 0.6 is 0 Å². The number of phenolic OH excluding ortho intramolecular Hbond substituents is 1. The topological polar surface area (TPSA) is 63.9 Å². The van der Waals surface area contributed by atoms with Crippen molar-refractivity contribution in [3.8, 4) is 11.5 Å². The van der Waals surface area contributed by atoms with E-state index in [1.807, 2.05) is 24.3 Å². The number of hydrogen-bond acceptors (Lipinski definition) is 5. The van der Waals surface area contributed by atoms with Crippen molar-refractivity contribution in [1.82, 2.24) is 5.32 Å². The summed E-state index contributed by atoms with van der Waals surface area (Å²) in [6.07, 6.45) is 2.57. The van der Waals surface area contributed by atoms with Crippen LogP contribution in [0.5, 0.6) is 11.5 Å². The Morgan fingerprint density at radius 1 is 1.29 bits per heavy atom. The Labute approximate surface area is 124 Å². The Morgan fingerprint density at radius 3 is 2.95 bits per heavy atom. The second-order valence-corrected chi connectivity index (χ2v) is 4.67. The average Bonchev–Trinajstić information content (AvgIpc) is 3.01. The van der Waals surface area contributed by atoms with Gasteiger partial charge in [-0.25, -0.2) is 0 Å². The van der Waals surface area contributed by atoms with Gasteiger partial charge in [-0.2, -0.15) is 0 Å². The summed E-state index contributed by atoms with van der Waals surface area (Å²) >= 11 is 0. The van der Waals surface area contributed by atoms with Gasteiger partial charge >= 0.3 is 0 Å². The third-order valence-corrected chi connectivity index (χ3v) is 3.04. The molecule has 0 radical (unpaired) electrons. The van der Waals surface area contributed by atoms with Crippen LogP contribution in [-0.4, -0.2) is 25.4 Å². The summed E-state index contributed by atoms with van der Waals surface area (Å²) in [5, 5.41) is 12.8.